The minimum absolute atomic E-state index is 0.0750. The van der Waals surface area contributed by atoms with E-state index in [2.05, 4.69) is 10.3 Å². The highest BCUT2D eigenvalue weighted by Crippen LogP contribution is 2.53. The van der Waals surface area contributed by atoms with Crippen LogP contribution in [-0.2, 0) is 14.8 Å². The van der Waals surface area contributed by atoms with Crippen LogP contribution in [0.3, 0.4) is 0 Å². The van der Waals surface area contributed by atoms with Crippen LogP contribution >= 0.6 is 0 Å². The number of ether oxygens (including phenoxy) is 1. The van der Waals surface area contributed by atoms with E-state index in [1.54, 1.807) is 0 Å². The van der Waals surface area contributed by atoms with Gasteiger partial charge in [-0.1, -0.05) is 0 Å². The highest BCUT2D eigenvalue weighted by Gasteiger charge is 2.49. The highest BCUT2D eigenvalue weighted by molar-refractivity contribution is 7.89. The van der Waals surface area contributed by atoms with Gasteiger partial charge < -0.3 is 14.9 Å². The average molecular weight is 453 g/mol. The summed E-state index contributed by atoms with van der Waals surface area (Å²) >= 11 is 0. The van der Waals surface area contributed by atoms with Crippen molar-refractivity contribution in [3.8, 4) is 6.01 Å². The van der Waals surface area contributed by atoms with Gasteiger partial charge in [-0.25, -0.2) is 8.42 Å². The lowest BCUT2D eigenvalue weighted by Gasteiger charge is -2.54. The summed E-state index contributed by atoms with van der Waals surface area (Å²) in [7, 11) is -0.949. The smallest absolute Gasteiger partial charge is 0.331 e. The van der Waals surface area contributed by atoms with Crippen LogP contribution < -0.4 is 14.9 Å². The number of carbonyl (C=O) groups excluding carboxylic acids is 1. The van der Waals surface area contributed by atoms with E-state index in [-0.39, 0.29) is 22.9 Å². The summed E-state index contributed by atoms with van der Waals surface area (Å²) in [5.41, 5.74) is 0. The number of aromatic nitrogens is 2. The standard InChI is InChI=1S/C21H32N4O5S/c1-29-21-22-18(12-25(21)30-2)31(27,28)24-5-3-15(4-6-24)20(26)23-19-16-8-13-7-14(10-16)11-17(19)9-13/h12-17,19H,3-11H2,1-2H3,(H,23,26). The first kappa shape index (κ1) is 21.1. The summed E-state index contributed by atoms with van der Waals surface area (Å²) in [5, 5.41) is 3.28. The van der Waals surface area contributed by atoms with Crippen molar-refractivity contribution >= 4 is 15.9 Å². The predicted molar refractivity (Wildman–Crippen MR) is 112 cm³/mol. The molecule has 1 aromatic rings. The van der Waals surface area contributed by atoms with Crippen LogP contribution in [-0.4, -0.2) is 61.7 Å². The Morgan fingerprint density at radius 2 is 1.68 bits per heavy atom. The molecule has 4 aliphatic carbocycles. The van der Waals surface area contributed by atoms with Crippen LogP contribution in [0.25, 0.3) is 0 Å². The molecule has 0 aromatic carbocycles. The van der Waals surface area contributed by atoms with Crippen molar-refractivity contribution < 1.29 is 22.8 Å². The lowest BCUT2D eigenvalue weighted by molar-refractivity contribution is -0.130. The fraction of sp³-hybridized carbons (Fsp3) is 0.810. The minimum atomic E-state index is -3.76. The lowest BCUT2D eigenvalue weighted by atomic mass is 9.54. The van der Waals surface area contributed by atoms with Crippen molar-refractivity contribution in [2.75, 3.05) is 27.3 Å². The molecule has 2 heterocycles. The zero-order valence-electron chi connectivity index (χ0n) is 18.2. The van der Waals surface area contributed by atoms with E-state index in [4.69, 9.17) is 9.57 Å². The summed E-state index contributed by atoms with van der Waals surface area (Å²) in [4.78, 5) is 22.1. The second-order valence-electron chi connectivity index (χ2n) is 9.72. The zero-order valence-corrected chi connectivity index (χ0v) is 19.0. The molecule has 4 bridgehead atoms. The van der Waals surface area contributed by atoms with E-state index in [0.717, 1.165) is 11.8 Å². The number of rotatable bonds is 6. The van der Waals surface area contributed by atoms with Crippen molar-refractivity contribution in [3.05, 3.63) is 6.20 Å². The molecule has 1 saturated heterocycles. The summed E-state index contributed by atoms with van der Waals surface area (Å²) < 4.78 is 33.6. The molecule has 0 spiro atoms. The molecule has 1 aliphatic heterocycles. The molecular formula is C21H32N4O5S. The number of imidazole rings is 1. The number of nitrogens with zero attached hydrogens (tertiary/aromatic N) is 3. The van der Waals surface area contributed by atoms with Crippen LogP contribution in [0.1, 0.15) is 44.9 Å². The van der Waals surface area contributed by atoms with Crippen molar-refractivity contribution in [1.82, 2.24) is 19.3 Å². The Hall–Kier alpha value is -1.81. The van der Waals surface area contributed by atoms with Crippen LogP contribution in [0.5, 0.6) is 6.01 Å². The maximum atomic E-state index is 13.0. The molecule has 31 heavy (non-hydrogen) atoms. The topological polar surface area (TPSA) is 103 Å². The maximum Gasteiger partial charge on any atom is 0.331 e. The van der Waals surface area contributed by atoms with Gasteiger partial charge in [0.2, 0.25) is 5.91 Å². The molecule has 0 radical (unpaired) electrons. The molecular weight excluding hydrogens is 420 g/mol. The van der Waals surface area contributed by atoms with Gasteiger partial charge in [0.15, 0.2) is 5.03 Å². The van der Waals surface area contributed by atoms with Gasteiger partial charge in [0, 0.05) is 25.0 Å². The number of hydrogen-bond acceptors (Lipinski definition) is 6. The Bertz CT molecular complexity index is 888. The number of sulfonamides is 1. The third kappa shape index (κ3) is 3.71. The number of methoxy groups -OCH3 is 1. The summed E-state index contributed by atoms with van der Waals surface area (Å²) in [6.45, 7) is 0.620. The Morgan fingerprint density at radius 1 is 1.06 bits per heavy atom. The highest BCUT2D eigenvalue weighted by atomic mass is 32.2. The average Bonchev–Trinajstić information content (AvgIpc) is 3.20. The number of amides is 1. The molecule has 0 atom stereocenters. The first-order chi connectivity index (χ1) is 14.9. The number of hydrogen-bond donors (Lipinski definition) is 1. The SMILES string of the molecule is COc1nc(S(=O)(=O)N2CCC(C(=O)NC3C4CC5CC(C4)CC3C5)CC2)cn1OC. The van der Waals surface area contributed by atoms with E-state index in [1.165, 1.54) is 61.6 Å². The molecule has 1 amide bonds. The Kier molecular flexibility index (Phi) is 5.40. The second-order valence-corrected chi connectivity index (χ2v) is 11.6. The third-order valence-corrected chi connectivity index (χ3v) is 9.74. The third-order valence-electron chi connectivity index (χ3n) is 7.97. The van der Waals surface area contributed by atoms with Gasteiger partial charge in [-0.2, -0.15) is 9.29 Å². The van der Waals surface area contributed by atoms with E-state index >= 15 is 0 Å². The van der Waals surface area contributed by atoms with E-state index in [0.29, 0.717) is 43.8 Å². The Balaban J connectivity index is 1.19. The van der Waals surface area contributed by atoms with E-state index < -0.39 is 10.0 Å². The Morgan fingerprint density at radius 3 is 2.19 bits per heavy atom. The van der Waals surface area contributed by atoms with E-state index in [9.17, 15) is 13.2 Å². The number of nitrogens with one attached hydrogen (secondary N) is 1. The first-order valence-corrected chi connectivity index (χ1v) is 12.8. The lowest BCUT2D eigenvalue weighted by Crippen LogP contribution is -2.57. The van der Waals surface area contributed by atoms with Gasteiger partial charge in [0.25, 0.3) is 10.0 Å². The monoisotopic (exact) mass is 452 g/mol. The fourth-order valence-electron chi connectivity index (χ4n) is 6.65. The van der Waals surface area contributed by atoms with Crippen LogP contribution in [0.15, 0.2) is 11.2 Å². The number of carbonyl (C=O) groups is 1. The van der Waals surface area contributed by atoms with Gasteiger partial charge >= 0.3 is 6.01 Å². The molecule has 6 rings (SSSR count). The molecule has 4 saturated carbocycles. The van der Waals surface area contributed by atoms with Crippen LogP contribution in [0.2, 0.25) is 0 Å². The molecule has 1 aromatic heterocycles. The molecule has 172 valence electrons. The first-order valence-electron chi connectivity index (χ1n) is 11.4. The number of piperidine rings is 1. The fourth-order valence-corrected chi connectivity index (χ4v) is 8.03. The van der Waals surface area contributed by atoms with Crippen molar-refractivity contribution in [2.24, 2.45) is 29.6 Å². The van der Waals surface area contributed by atoms with Gasteiger partial charge in [-0.3, -0.25) is 4.79 Å². The largest absolute Gasteiger partial charge is 0.466 e. The zero-order chi connectivity index (χ0) is 21.8. The van der Waals surface area contributed by atoms with Gasteiger partial charge in [0.1, 0.15) is 7.11 Å². The van der Waals surface area contributed by atoms with Crippen molar-refractivity contribution in [1.29, 1.82) is 0 Å². The van der Waals surface area contributed by atoms with Gasteiger partial charge in [-0.15, -0.1) is 4.73 Å². The Labute approximate surface area is 183 Å². The molecule has 10 heteroatoms. The van der Waals surface area contributed by atoms with Gasteiger partial charge in [0.05, 0.1) is 13.3 Å². The van der Waals surface area contributed by atoms with Crippen LogP contribution in [0.4, 0.5) is 0 Å². The molecule has 0 unspecified atom stereocenters. The van der Waals surface area contributed by atoms with Crippen molar-refractivity contribution in [2.45, 2.75) is 56.0 Å². The van der Waals surface area contributed by atoms with E-state index in [1.807, 2.05) is 0 Å². The summed E-state index contributed by atoms with van der Waals surface area (Å²) in [6, 6.07) is 0.401. The van der Waals surface area contributed by atoms with Crippen LogP contribution in [0, 0.1) is 29.6 Å². The molecule has 5 fully saturated rings. The minimum Gasteiger partial charge on any atom is -0.466 e. The summed E-state index contributed by atoms with van der Waals surface area (Å²) in [6.07, 6.45) is 8.84. The maximum absolute atomic E-state index is 13.0. The second kappa shape index (κ2) is 7.95. The normalized spacial score (nSPS) is 33.4. The predicted octanol–water partition coefficient (Wildman–Crippen LogP) is 1.29. The molecule has 1 N–H and O–H groups in total. The molecule has 5 aliphatic rings. The van der Waals surface area contributed by atoms with Crippen molar-refractivity contribution in [3.63, 3.8) is 0 Å². The summed E-state index contributed by atoms with van der Waals surface area (Å²) in [5.74, 6) is 3.03. The quantitative estimate of drug-likeness (QED) is 0.698. The van der Waals surface area contributed by atoms with Gasteiger partial charge in [-0.05, 0) is 68.6 Å². The molecule has 9 nitrogen and oxygen atoms in total.